The zero-order valence-electron chi connectivity index (χ0n) is 7.72. The van der Waals surface area contributed by atoms with Gasteiger partial charge in [0.2, 0.25) is 0 Å². The third-order valence-corrected chi connectivity index (χ3v) is 4.30. The second-order valence-electron chi connectivity index (χ2n) is 3.59. The Morgan fingerprint density at radius 3 is 2.77 bits per heavy atom. The summed E-state index contributed by atoms with van der Waals surface area (Å²) in [4.78, 5) is 1.31. The lowest BCUT2D eigenvalue weighted by atomic mass is 9.79. The number of nitrogens with one attached hydrogen (secondary N) is 1. The molecule has 1 atom stereocenters. The van der Waals surface area contributed by atoms with Gasteiger partial charge in [-0.25, -0.2) is 0 Å². The quantitative estimate of drug-likeness (QED) is 0.815. The number of rotatable bonds is 3. The second kappa shape index (κ2) is 3.99. The van der Waals surface area contributed by atoms with Crippen molar-refractivity contribution in [3.05, 3.63) is 21.3 Å². The summed E-state index contributed by atoms with van der Waals surface area (Å²) in [5.41, 5.74) is 0. The Balaban J connectivity index is 2.16. The molecule has 1 aromatic heterocycles. The molecule has 0 radical (unpaired) electrons. The largest absolute Gasteiger partial charge is 0.312 e. The zero-order chi connectivity index (χ0) is 9.26. The minimum atomic E-state index is 0.487. The average Bonchev–Trinajstić information content (AvgIpc) is 2.43. The topological polar surface area (TPSA) is 12.0 Å². The van der Waals surface area contributed by atoms with E-state index in [0.717, 1.165) is 10.9 Å². The minimum Gasteiger partial charge on any atom is -0.312 e. The van der Waals surface area contributed by atoms with Crippen molar-refractivity contribution in [3.63, 3.8) is 0 Å². The normalized spacial score (nSPS) is 19.8. The van der Waals surface area contributed by atoms with Gasteiger partial charge >= 0.3 is 0 Å². The Kier molecular flexibility index (Phi) is 2.92. The summed E-state index contributed by atoms with van der Waals surface area (Å²) in [5.74, 6) is 0.807. The van der Waals surface area contributed by atoms with Crippen LogP contribution in [0.2, 0.25) is 5.02 Å². The number of thiophene rings is 1. The van der Waals surface area contributed by atoms with Crippen molar-refractivity contribution in [2.24, 2.45) is 5.92 Å². The highest BCUT2D eigenvalue weighted by Gasteiger charge is 2.29. The maximum absolute atomic E-state index is 6.11. The fourth-order valence-corrected chi connectivity index (χ4v) is 3.26. The van der Waals surface area contributed by atoms with Crippen molar-refractivity contribution in [1.82, 2.24) is 5.32 Å². The van der Waals surface area contributed by atoms with E-state index in [2.05, 4.69) is 10.7 Å². The highest BCUT2D eigenvalue weighted by atomic mass is 35.5. The third-order valence-electron chi connectivity index (χ3n) is 2.86. The van der Waals surface area contributed by atoms with Crippen LogP contribution < -0.4 is 5.32 Å². The number of halogens is 1. The first-order valence-electron chi connectivity index (χ1n) is 4.73. The van der Waals surface area contributed by atoms with Gasteiger partial charge in [0, 0.05) is 10.9 Å². The van der Waals surface area contributed by atoms with E-state index in [1.165, 1.54) is 24.1 Å². The molecule has 0 aliphatic heterocycles. The highest BCUT2D eigenvalue weighted by Crippen LogP contribution is 2.41. The molecule has 3 heteroatoms. The van der Waals surface area contributed by atoms with Crippen LogP contribution in [0.3, 0.4) is 0 Å². The Morgan fingerprint density at radius 1 is 1.62 bits per heavy atom. The molecule has 1 saturated carbocycles. The van der Waals surface area contributed by atoms with E-state index >= 15 is 0 Å². The van der Waals surface area contributed by atoms with E-state index in [0.29, 0.717) is 6.04 Å². The van der Waals surface area contributed by atoms with Gasteiger partial charge in [-0.15, -0.1) is 11.3 Å². The first kappa shape index (κ1) is 9.50. The molecule has 1 N–H and O–H groups in total. The lowest BCUT2D eigenvalue weighted by Gasteiger charge is -2.33. The molecule has 1 aromatic rings. The molecule has 1 aliphatic rings. The number of hydrogen-bond donors (Lipinski definition) is 1. The zero-order valence-corrected chi connectivity index (χ0v) is 9.29. The Hall–Kier alpha value is -0.0500. The molecule has 0 aromatic carbocycles. The van der Waals surface area contributed by atoms with Crippen LogP contribution >= 0.6 is 22.9 Å². The van der Waals surface area contributed by atoms with Crippen LogP contribution in [0.15, 0.2) is 11.4 Å². The lowest BCUT2D eigenvalue weighted by molar-refractivity contribution is 0.242. The number of hydrogen-bond acceptors (Lipinski definition) is 2. The van der Waals surface area contributed by atoms with Gasteiger partial charge in [0.1, 0.15) is 0 Å². The molecule has 1 aliphatic carbocycles. The smallest absolute Gasteiger partial charge is 0.0561 e. The van der Waals surface area contributed by atoms with Gasteiger partial charge in [-0.05, 0) is 37.3 Å². The molecule has 2 rings (SSSR count). The van der Waals surface area contributed by atoms with E-state index in [9.17, 15) is 0 Å². The van der Waals surface area contributed by atoms with Gasteiger partial charge in [0.15, 0.2) is 0 Å². The predicted octanol–water partition coefficient (Wildman–Crippen LogP) is 3.46. The third kappa shape index (κ3) is 1.76. The van der Waals surface area contributed by atoms with E-state index in [-0.39, 0.29) is 0 Å². The molecule has 1 heterocycles. The van der Waals surface area contributed by atoms with E-state index in [1.54, 1.807) is 11.3 Å². The Bertz CT molecular complexity index is 280. The van der Waals surface area contributed by atoms with Gasteiger partial charge in [-0.2, -0.15) is 0 Å². The van der Waals surface area contributed by atoms with Crippen LogP contribution in [-0.2, 0) is 0 Å². The summed E-state index contributed by atoms with van der Waals surface area (Å²) in [7, 11) is 2.03. The first-order valence-corrected chi connectivity index (χ1v) is 5.99. The van der Waals surface area contributed by atoms with Crippen molar-refractivity contribution in [2.45, 2.75) is 25.3 Å². The van der Waals surface area contributed by atoms with Crippen LogP contribution in [0.25, 0.3) is 0 Å². The van der Waals surface area contributed by atoms with E-state index in [4.69, 9.17) is 11.6 Å². The maximum Gasteiger partial charge on any atom is 0.0561 e. The fourth-order valence-electron chi connectivity index (χ4n) is 1.88. The molecule has 0 bridgehead atoms. The molecular formula is C10H14ClNS. The van der Waals surface area contributed by atoms with Crippen LogP contribution in [0.4, 0.5) is 0 Å². The van der Waals surface area contributed by atoms with Crippen molar-refractivity contribution >= 4 is 22.9 Å². The first-order chi connectivity index (χ1) is 6.33. The molecule has 1 fully saturated rings. The molecule has 1 unspecified atom stereocenters. The van der Waals surface area contributed by atoms with Crippen LogP contribution in [0, 0.1) is 5.92 Å². The van der Waals surface area contributed by atoms with Crippen LogP contribution in [0.1, 0.15) is 30.2 Å². The molecule has 1 nitrogen and oxygen atoms in total. The fraction of sp³-hybridized carbons (Fsp3) is 0.600. The summed E-state index contributed by atoms with van der Waals surface area (Å²) in [5, 5.41) is 6.37. The molecule has 72 valence electrons. The van der Waals surface area contributed by atoms with Crippen molar-refractivity contribution in [3.8, 4) is 0 Å². The molecule has 0 spiro atoms. The Labute approximate surface area is 88.1 Å². The van der Waals surface area contributed by atoms with Crippen LogP contribution in [0.5, 0.6) is 0 Å². The van der Waals surface area contributed by atoms with Gasteiger partial charge in [-0.3, -0.25) is 0 Å². The lowest BCUT2D eigenvalue weighted by Crippen LogP contribution is -2.29. The van der Waals surface area contributed by atoms with Gasteiger partial charge in [-0.1, -0.05) is 18.0 Å². The minimum absolute atomic E-state index is 0.487. The SMILES string of the molecule is CNC(c1sccc1Cl)C1CCC1. The molecule has 0 amide bonds. The summed E-state index contributed by atoms with van der Waals surface area (Å²) in [6.45, 7) is 0. The van der Waals surface area contributed by atoms with Crippen LogP contribution in [-0.4, -0.2) is 7.05 Å². The Morgan fingerprint density at radius 2 is 2.38 bits per heavy atom. The summed E-state index contributed by atoms with van der Waals surface area (Å²) >= 11 is 7.87. The summed E-state index contributed by atoms with van der Waals surface area (Å²) < 4.78 is 0. The second-order valence-corrected chi connectivity index (χ2v) is 4.95. The standard InChI is InChI=1S/C10H14ClNS/c1-12-9(7-3-2-4-7)10-8(11)5-6-13-10/h5-7,9,12H,2-4H2,1H3. The summed E-state index contributed by atoms with van der Waals surface area (Å²) in [6, 6.07) is 2.48. The maximum atomic E-state index is 6.11. The molecular weight excluding hydrogens is 202 g/mol. The van der Waals surface area contributed by atoms with Crippen molar-refractivity contribution in [2.75, 3.05) is 7.05 Å². The summed E-state index contributed by atoms with van der Waals surface area (Å²) in [6.07, 6.45) is 4.07. The van der Waals surface area contributed by atoms with Crippen molar-refractivity contribution < 1.29 is 0 Å². The average molecular weight is 216 g/mol. The molecule has 0 saturated heterocycles. The predicted molar refractivity (Wildman–Crippen MR) is 58.5 cm³/mol. The van der Waals surface area contributed by atoms with Gasteiger partial charge < -0.3 is 5.32 Å². The van der Waals surface area contributed by atoms with E-state index in [1.807, 2.05) is 13.1 Å². The highest BCUT2D eigenvalue weighted by molar-refractivity contribution is 7.10. The molecule has 13 heavy (non-hydrogen) atoms. The van der Waals surface area contributed by atoms with Crippen molar-refractivity contribution in [1.29, 1.82) is 0 Å². The van der Waals surface area contributed by atoms with E-state index < -0.39 is 0 Å². The monoisotopic (exact) mass is 215 g/mol. The van der Waals surface area contributed by atoms with Gasteiger partial charge in [0.05, 0.1) is 5.02 Å². The van der Waals surface area contributed by atoms with Gasteiger partial charge in [0.25, 0.3) is 0 Å².